The van der Waals surface area contributed by atoms with Crippen molar-refractivity contribution in [3.8, 4) is 0 Å². The van der Waals surface area contributed by atoms with E-state index in [0.717, 1.165) is 5.54 Å². The van der Waals surface area contributed by atoms with E-state index < -0.39 is 16.1 Å². The molecule has 0 spiro atoms. The van der Waals surface area contributed by atoms with Crippen LogP contribution >= 0.6 is 0 Å². The van der Waals surface area contributed by atoms with Crippen molar-refractivity contribution >= 4 is 16.1 Å². The van der Waals surface area contributed by atoms with E-state index in [0.29, 0.717) is 0 Å². The lowest BCUT2D eigenvalue weighted by Crippen LogP contribution is -2.26. The van der Waals surface area contributed by atoms with Gasteiger partial charge in [-0.3, -0.25) is 0 Å². The number of hydrogen-bond donors (Lipinski definition) is 0. The van der Waals surface area contributed by atoms with Gasteiger partial charge in [-0.15, -0.1) is 0 Å². The highest BCUT2D eigenvalue weighted by atomic mass is 28.3. The monoisotopic (exact) mass is 210 g/mol. The van der Waals surface area contributed by atoms with Crippen molar-refractivity contribution < 1.29 is 0 Å². The minimum atomic E-state index is -1.05. The highest BCUT2D eigenvalue weighted by Gasteiger charge is 2.29. The molecule has 2 heteroatoms. The second-order valence-corrected chi connectivity index (χ2v) is 16.6. The molecule has 0 saturated heterocycles. The first-order valence-corrected chi connectivity index (χ1v) is 12.2. The average Bonchev–Trinajstić information content (AvgIpc) is 2.28. The number of rotatable bonds is 2. The summed E-state index contributed by atoms with van der Waals surface area (Å²) in [6.07, 6.45) is 7.35. The van der Waals surface area contributed by atoms with E-state index in [1.165, 1.54) is 0 Å². The predicted octanol–water partition coefficient (Wildman–Crippen LogP) is 4.07. The zero-order chi connectivity index (χ0) is 10.3. The summed E-state index contributed by atoms with van der Waals surface area (Å²) in [7, 11) is -2.03. The van der Waals surface area contributed by atoms with Gasteiger partial charge in [-0.2, -0.15) is 0 Å². The molecule has 13 heavy (non-hydrogen) atoms. The van der Waals surface area contributed by atoms with E-state index in [1.54, 1.807) is 5.20 Å². The summed E-state index contributed by atoms with van der Waals surface area (Å²) < 4.78 is 0. The summed E-state index contributed by atoms with van der Waals surface area (Å²) in [5.74, 6) is 0. The van der Waals surface area contributed by atoms with Gasteiger partial charge in [0.15, 0.2) is 0 Å². The molecule has 0 nitrogen and oxygen atoms in total. The van der Waals surface area contributed by atoms with Crippen molar-refractivity contribution in [2.45, 2.75) is 44.8 Å². The molecule has 0 fully saturated rings. The van der Waals surface area contributed by atoms with Crippen LogP contribution in [-0.4, -0.2) is 16.1 Å². The van der Waals surface area contributed by atoms with Crippen molar-refractivity contribution in [3.05, 3.63) is 23.4 Å². The Hall–Kier alpha value is -0.0862. The van der Waals surface area contributed by atoms with E-state index >= 15 is 0 Å². The van der Waals surface area contributed by atoms with Gasteiger partial charge in [-0.25, -0.2) is 0 Å². The fourth-order valence-corrected chi connectivity index (χ4v) is 4.35. The molecule has 1 atom stereocenters. The van der Waals surface area contributed by atoms with Gasteiger partial charge in [0, 0.05) is 0 Å². The molecule has 0 aromatic carbocycles. The SMILES string of the molecule is C[Si](C)(C)C1=CC([Si](C)(C)C)C=C1. The second-order valence-electron chi connectivity index (χ2n) is 6.12. The lowest BCUT2D eigenvalue weighted by Gasteiger charge is -2.22. The van der Waals surface area contributed by atoms with Crippen LogP contribution in [0.3, 0.4) is 0 Å². The Morgan fingerprint density at radius 2 is 1.54 bits per heavy atom. The van der Waals surface area contributed by atoms with Gasteiger partial charge in [0.2, 0.25) is 0 Å². The van der Waals surface area contributed by atoms with Gasteiger partial charge in [-0.1, -0.05) is 62.7 Å². The van der Waals surface area contributed by atoms with Crippen LogP contribution in [0.2, 0.25) is 44.8 Å². The molecule has 1 rings (SSSR count). The smallest absolute Gasteiger partial charge is 0.0771 e. The zero-order valence-electron chi connectivity index (χ0n) is 9.81. The van der Waals surface area contributed by atoms with Crippen molar-refractivity contribution in [2.75, 3.05) is 0 Å². The van der Waals surface area contributed by atoms with E-state index in [9.17, 15) is 0 Å². The minimum Gasteiger partial charge on any atom is -0.0811 e. The van der Waals surface area contributed by atoms with Crippen LogP contribution in [0.4, 0.5) is 0 Å². The Balaban J connectivity index is 2.84. The van der Waals surface area contributed by atoms with Gasteiger partial charge in [-0.05, 0) is 5.54 Å². The van der Waals surface area contributed by atoms with E-state index in [1.807, 2.05) is 0 Å². The normalized spacial score (nSPS) is 23.5. The van der Waals surface area contributed by atoms with E-state index in [4.69, 9.17) is 0 Å². The first kappa shape index (κ1) is 11.0. The van der Waals surface area contributed by atoms with Crippen molar-refractivity contribution in [3.63, 3.8) is 0 Å². The second kappa shape index (κ2) is 3.24. The Morgan fingerprint density at radius 1 is 1.00 bits per heavy atom. The lowest BCUT2D eigenvalue weighted by molar-refractivity contribution is 1.29. The van der Waals surface area contributed by atoms with Crippen molar-refractivity contribution in [1.29, 1.82) is 0 Å². The lowest BCUT2D eigenvalue weighted by atomic mass is 10.5. The molecular formula is C11H22Si2. The zero-order valence-corrected chi connectivity index (χ0v) is 11.8. The molecule has 0 saturated carbocycles. The molecule has 1 aliphatic rings. The van der Waals surface area contributed by atoms with Crippen LogP contribution in [0, 0.1) is 0 Å². The van der Waals surface area contributed by atoms with Gasteiger partial charge < -0.3 is 0 Å². The maximum atomic E-state index is 2.54. The first-order chi connectivity index (χ1) is 5.71. The van der Waals surface area contributed by atoms with Gasteiger partial charge in [0.05, 0.1) is 16.1 Å². The molecule has 0 heterocycles. The summed E-state index contributed by atoms with van der Waals surface area (Å²) in [4.78, 5) is 0. The molecular weight excluding hydrogens is 188 g/mol. The standard InChI is InChI=1S/C11H22Si2/c1-12(2,3)10-7-8-11(9-10)13(4,5)6/h7-10H,1-6H3. The Kier molecular flexibility index (Phi) is 2.74. The topological polar surface area (TPSA) is 0 Å². The summed E-state index contributed by atoms with van der Waals surface area (Å²) in [5.41, 5.74) is 0.786. The highest BCUT2D eigenvalue weighted by molar-refractivity contribution is 6.84. The Labute approximate surface area is 84.8 Å². The van der Waals surface area contributed by atoms with Gasteiger partial charge in [0.25, 0.3) is 0 Å². The molecule has 0 radical (unpaired) electrons. The van der Waals surface area contributed by atoms with Crippen LogP contribution in [0.1, 0.15) is 0 Å². The molecule has 1 aliphatic carbocycles. The summed E-state index contributed by atoms with van der Waals surface area (Å²) in [6.45, 7) is 14.6. The van der Waals surface area contributed by atoms with Crippen LogP contribution < -0.4 is 0 Å². The highest BCUT2D eigenvalue weighted by Crippen LogP contribution is 2.34. The molecule has 0 aromatic rings. The van der Waals surface area contributed by atoms with E-state index in [2.05, 4.69) is 57.5 Å². The van der Waals surface area contributed by atoms with Crippen LogP contribution in [0.5, 0.6) is 0 Å². The maximum absolute atomic E-state index is 2.54. The van der Waals surface area contributed by atoms with Crippen LogP contribution in [-0.2, 0) is 0 Å². The van der Waals surface area contributed by atoms with Gasteiger partial charge in [0.1, 0.15) is 0 Å². The Morgan fingerprint density at radius 3 is 1.77 bits per heavy atom. The molecule has 74 valence electrons. The predicted molar refractivity (Wildman–Crippen MR) is 67.7 cm³/mol. The minimum absolute atomic E-state index is 0.786. The van der Waals surface area contributed by atoms with Crippen molar-refractivity contribution in [2.24, 2.45) is 0 Å². The average molecular weight is 210 g/mol. The first-order valence-electron chi connectivity index (χ1n) is 5.12. The van der Waals surface area contributed by atoms with Crippen LogP contribution in [0.25, 0.3) is 0 Å². The number of allylic oxidation sites excluding steroid dienone is 4. The molecule has 0 aliphatic heterocycles. The maximum Gasteiger partial charge on any atom is 0.0771 e. The molecule has 1 unspecified atom stereocenters. The molecule has 0 bridgehead atoms. The summed E-state index contributed by atoms with van der Waals surface area (Å²) in [6, 6.07) is 0. The third-order valence-corrected chi connectivity index (χ3v) is 7.13. The third kappa shape index (κ3) is 2.68. The molecule has 0 amide bonds. The van der Waals surface area contributed by atoms with Crippen LogP contribution in [0.15, 0.2) is 23.4 Å². The fraction of sp³-hybridized carbons (Fsp3) is 0.636. The molecule has 0 aromatic heterocycles. The quantitative estimate of drug-likeness (QED) is 0.603. The van der Waals surface area contributed by atoms with Gasteiger partial charge >= 0.3 is 0 Å². The number of hydrogen-bond acceptors (Lipinski definition) is 0. The third-order valence-electron chi connectivity index (χ3n) is 2.71. The summed E-state index contributed by atoms with van der Waals surface area (Å²) in [5, 5.41) is 1.65. The Bertz CT molecular complexity index is 248. The molecule has 0 N–H and O–H groups in total. The van der Waals surface area contributed by atoms with E-state index in [-0.39, 0.29) is 0 Å². The fourth-order valence-electron chi connectivity index (χ4n) is 1.55. The van der Waals surface area contributed by atoms with Crippen molar-refractivity contribution in [1.82, 2.24) is 0 Å². The summed E-state index contributed by atoms with van der Waals surface area (Å²) >= 11 is 0. The largest absolute Gasteiger partial charge is 0.0811 e.